The number of hydrazine groups is 1. The van der Waals surface area contributed by atoms with Gasteiger partial charge in [-0.2, -0.15) is 0 Å². The van der Waals surface area contributed by atoms with Crippen LogP contribution in [0.1, 0.15) is 38.2 Å². The molecule has 0 radical (unpaired) electrons. The van der Waals surface area contributed by atoms with Crippen LogP contribution >= 0.6 is 0 Å². The highest BCUT2D eigenvalue weighted by Gasteiger charge is 2.24. The summed E-state index contributed by atoms with van der Waals surface area (Å²) >= 11 is 0. The highest BCUT2D eigenvalue weighted by atomic mass is 32.2. The lowest BCUT2D eigenvalue weighted by Crippen LogP contribution is -2.42. The molecule has 0 spiro atoms. The van der Waals surface area contributed by atoms with Crippen LogP contribution in [0.5, 0.6) is 0 Å². The quantitative estimate of drug-likeness (QED) is 0.615. The highest BCUT2D eigenvalue weighted by Crippen LogP contribution is 2.29. The molecule has 2 aromatic carbocycles. The second-order valence-corrected chi connectivity index (χ2v) is 8.43. The zero-order valence-corrected chi connectivity index (χ0v) is 17.6. The summed E-state index contributed by atoms with van der Waals surface area (Å²) in [5.41, 5.74) is 7.45. The minimum atomic E-state index is -3.94. The normalized spacial score (nSPS) is 11.5. The number of aromatic nitrogens is 4. The zero-order valence-electron chi connectivity index (χ0n) is 16.8. The van der Waals surface area contributed by atoms with Crippen molar-refractivity contribution in [1.29, 1.82) is 0 Å². The van der Waals surface area contributed by atoms with Gasteiger partial charge in [-0.1, -0.05) is 0 Å². The first-order valence-corrected chi connectivity index (χ1v) is 10.3. The smallest absolute Gasteiger partial charge is 0.266 e. The molecule has 1 aromatic heterocycles. The van der Waals surface area contributed by atoms with Crippen molar-refractivity contribution in [3.8, 4) is 5.69 Å². The molecule has 0 unspecified atom stereocenters. The number of benzene rings is 2. The van der Waals surface area contributed by atoms with Crippen LogP contribution < -0.4 is 10.3 Å². The number of rotatable bonds is 5. The lowest BCUT2D eigenvalue weighted by atomic mass is 9.95. The molecule has 3 aromatic rings. The van der Waals surface area contributed by atoms with Crippen molar-refractivity contribution in [2.24, 2.45) is 0 Å². The number of tetrazole rings is 1. The van der Waals surface area contributed by atoms with Crippen molar-refractivity contribution in [1.82, 2.24) is 30.5 Å². The molecule has 0 aliphatic carbocycles. The molecule has 3 rings (SSSR count). The Kier molecular flexibility index (Phi) is 5.49. The molecular formula is C19H22N6O3S. The maximum absolute atomic E-state index is 12.9. The molecule has 10 heteroatoms. The van der Waals surface area contributed by atoms with Gasteiger partial charge in [-0.3, -0.25) is 10.2 Å². The van der Waals surface area contributed by atoms with E-state index in [4.69, 9.17) is 0 Å². The van der Waals surface area contributed by atoms with E-state index in [0.717, 1.165) is 16.7 Å². The minimum Gasteiger partial charge on any atom is -0.273 e. The van der Waals surface area contributed by atoms with E-state index in [1.54, 1.807) is 38.1 Å². The molecule has 0 saturated carbocycles. The molecule has 1 heterocycles. The van der Waals surface area contributed by atoms with Gasteiger partial charge in [-0.25, -0.2) is 13.1 Å². The molecule has 0 atom stereocenters. The number of amides is 1. The van der Waals surface area contributed by atoms with Gasteiger partial charge >= 0.3 is 0 Å². The molecule has 0 aliphatic heterocycles. The van der Waals surface area contributed by atoms with Crippen LogP contribution in [0.3, 0.4) is 0 Å². The van der Waals surface area contributed by atoms with Crippen LogP contribution in [0.25, 0.3) is 5.69 Å². The highest BCUT2D eigenvalue weighted by molar-refractivity contribution is 7.89. The van der Waals surface area contributed by atoms with Gasteiger partial charge in [0.05, 0.1) is 10.6 Å². The first kappa shape index (κ1) is 20.6. The third kappa shape index (κ3) is 3.89. The van der Waals surface area contributed by atoms with E-state index in [2.05, 4.69) is 25.8 Å². The number of carbonyl (C=O) groups excluding carboxylic acids is 1. The van der Waals surface area contributed by atoms with Gasteiger partial charge in [0, 0.05) is 5.56 Å². The van der Waals surface area contributed by atoms with Crippen LogP contribution in [-0.4, -0.2) is 34.5 Å². The van der Waals surface area contributed by atoms with Gasteiger partial charge in [0.25, 0.3) is 15.9 Å². The van der Waals surface area contributed by atoms with E-state index in [9.17, 15) is 13.2 Å². The Hall–Kier alpha value is -3.11. The van der Waals surface area contributed by atoms with E-state index in [-0.39, 0.29) is 10.5 Å². The van der Waals surface area contributed by atoms with E-state index < -0.39 is 15.9 Å². The predicted octanol–water partition coefficient (Wildman–Crippen LogP) is 1.83. The summed E-state index contributed by atoms with van der Waals surface area (Å²) in [7, 11) is -3.94. The maximum Gasteiger partial charge on any atom is 0.266 e. The number of hydrogen-bond donors (Lipinski definition) is 2. The molecule has 0 aliphatic rings. The molecule has 1 amide bonds. The van der Waals surface area contributed by atoms with E-state index in [1.807, 2.05) is 20.8 Å². The van der Waals surface area contributed by atoms with Crippen LogP contribution in [0.2, 0.25) is 0 Å². The Morgan fingerprint density at radius 3 is 1.97 bits per heavy atom. The van der Waals surface area contributed by atoms with Gasteiger partial charge < -0.3 is 0 Å². The molecule has 0 saturated heterocycles. The predicted molar refractivity (Wildman–Crippen MR) is 107 cm³/mol. The van der Waals surface area contributed by atoms with Crippen LogP contribution in [0, 0.1) is 34.6 Å². The largest absolute Gasteiger partial charge is 0.273 e. The first-order valence-electron chi connectivity index (χ1n) is 8.86. The van der Waals surface area contributed by atoms with E-state index in [1.165, 1.54) is 11.0 Å². The number of carbonyl (C=O) groups is 1. The summed E-state index contributed by atoms with van der Waals surface area (Å²) in [5.74, 6) is -0.576. The maximum atomic E-state index is 12.9. The lowest BCUT2D eigenvalue weighted by molar-refractivity contribution is 0.0945. The summed E-state index contributed by atoms with van der Waals surface area (Å²) in [4.78, 5) is 14.8. The van der Waals surface area contributed by atoms with Gasteiger partial charge in [-0.05, 0) is 97.1 Å². The van der Waals surface area contributed by atoms with E-state index >= 15 is 0 Å². The Labute approximate surface area is 169 Å². The van der Waals surface area contributed by atoms with Crippen molar-refractivity contribution in [3.63, 3.8) is 0 Å². The minimum absolute atomic E-state index is 0.187. The fourth-order valence-electron chi connectivity index (χ4n) is 3.15. The summed E-state index contributed by atoms with van der Waals surface area (Å²) < 4.78 is 27.2. The van der Waals surface area contributed by atoms with Crippen molar-refractivity contribution < 1.29 is 13.2 Å². The third-order valence-corrected chi connectivity index (χ3v) is 6.76. The number of nitrogens with one attached hydrogen (secondary N) is 2. The summed E-state index contributed by atoms with van der Waals surface area (Å²) in [6, 6.07) is 6.41. The topological polar surface area (TPSA) is 119 Å². The Morgan fingerprint density at radius 2 is 1.45 bits per heavy atom. The van der Waals surface area contributed by atoms with Crippen LogP contribution in [0.15, 0.2) is 35.5 Å². The molecule has 152 valence electrons. The van der Waals surface area contributed by atoms with Crippen molar-refractivity contribution in [2.75, 3.05) is 0 Å². The molecule has 0 fully saturated rings. The van der Waals surface area contributed by atoms with Crippen LogP contribution in [-0.2, 0) is 10.0 Å². The number of nitrogens with zero attached hydrogens (tertiary/aromatic N) is 4. The summed E-state index contributed by atoms with van der Waals surface area (Å²) in [6.07, 6.45) is 1.43. The molecule has 29 heavy (non-hydrogen) atoms. The SMILES string of the molecule is Cc1c(C)c(C)c(S(=O)(=O)NNC(=O)c2ccc(-n3cnnn3)cc2)c(C)c1C. The Morgan fingerprint density at radius 1 is 0.897 bits per heavy atom. The first-order chi connectivity index (χ1) is 13.6. The average molecular weight is 414 g/mol. The van der Waals surface area contributed by atoms with Gasteiger partial charge in [0.15, 0.2) is 0 Å². The lowest BCUT2D eigenvalue weighted by Gasteiger charge is -2.19. The zero-order chi connectivity index (χ0) is 21.3. The van der Waals surface area contributed by atoms with Gasteiger partial charge in [0.1, 0.15) is 6.33 Å². The van der Waals surface area contributed by atoms with Crippen LogP contribution in [0.4, 0.5) is 0 Å². The molecule has 0 bridgehead atoms. The summed E-state index contributed by atoms with van der Waals surface area (Å²) in [6.45, 7) is 9.28. The van der Waals surface area contributed by atoms with Gasteiger partial charge in [0.2, 0.25) is 0 Å². The standard InChI is InChI=1S/C19H22N6O3S/c1-11-12(2)14(4)18(15(5)13(11)3)29(27,28)24-21-19(26)16-6-8-17(9-7-16)25-10-20-22-23-25/h6-10,24H,1-5H3,(H,21,26). The van der Waals surface area contributed by atoms with E-state index in [0.29, 0.717) is 16.8 Å². The monoisotopic (exact) mass is 414 g/mol. The van der Waals surface area contributed by atoms with Crippen molar-refractivity contribution in [2.45, 2.75) is 39.5 Å². The second-order valence-electron chi connectivity index (χ2n) is 6.82. The fourth-order valence-corrected chi connectivity index (χ4v) is 4.59. The van der Waals surface area contributed by atoms with Crippen molar-refractivity contribution in [3.05, 3.63) is 64.0 Å². The number of sulfonamides is 1. The third-order valence-electron chi connectivity index (χ3n) is 5.24. The molecule has 2 N–H and O–H groups in total. The molecular weight excluding hydrogens is 392 g/mol. The number of hydrogen-bond acceptors (Lipinski definition) is 6. The van der Waals surface area contributed by atoms with Crippen molar-refractivity contribution >= 4 is 15.9 Å². The average Bonchev–Trinajstić information content (AvgIpc) is 3.24. The van der Waals surface area contributed by atoms with Gasteiger partial charge in [-0.15, -0.1) is 9.93 Å². The fraction of sp³-hybridized carbons (Fsp3) is 0.263. The Balaban J connectivity index is 1.80. The second kappa shape index (κ2) is 7.72. The molecule has 9 nitrogen and oxygen atoms in total. The Bertz CT molecular complexity index is 1140. The summed E-state index contributed by atoms with van der Waals surface area (Å²) in [5, 5.41) is 10.9.